The first kappa shape index (κ1) is 59.8. The molecule has 3 unspecified atom stereocenters. The summed E-state index contributed by atoms with van der Waals surface area (Å²) in [5, 5.41) is 0. The molecule has 0 aliphatic carbocycles. The Kier molecular flexibility index (Phi) is 42.5. The van der Waals surface area contributed by atoms with Crippen molar-refractivity contribution >= 4 is 23.8 Å². The highest BCUT2D eigenvalue weighted by Gasteiger charge is 2.21. The number of carbonyl (C=O) groups excluding carboxylic acids is 4. The maximum absolute atomic E-state index is 13.1. The van der Waals surface area contributed by atoms with Crippen LogP contribution >= 0.6 is 0 Å². The molecule has 0 saturated heterocycles. The molecule has 3 atom stereocenters. The largest absolute Gasteiger partial charge is 0.465 e. The highest BCUT2D eigenvalue weighted by molar-refractivity contribution is 5.82. The molecule has 0 aliphatic rings. The predicted molar refractivity (Wildman–Crippen MR) is 259 cm³/mol. The van der Waals surface area contributed by atoms with Gasteiger partial charge in [-0.25, -0.2) is 0 Å². The Morgan fingerprint density at radius 2 is 0.871 bits per heavy atom. The Labute approximate surface area is 383 Å². The molecule has 0 saturated carbocycles. The summed E-state index contributed by atoms with van der Waals surface area (Å²) >= 11 is 0. The van der Waals surface area contributed by atoms with Crippen molar-refractivity contribution in [3.05, 3.63) is 0 Å². The summed E-state index contributed by atoms with van der Waals surface area (Å²) in [7, 11) is 5.74. The second-order valence-corrected chi connectivity index (χ2v) is 18.9. The number of esters is 3. The van der Waals surface area contributed by atoms with Crippen molar-refractivity contribution in [2.75, 3.05) is 47.4 Å². The maximum Gasteiger partial charge on any atom is 0.325 e. The number of hydrogen-bond donors (Lipinski definition) is 0. The number of amides is 1. The van der Waals surface area contributed by atoms with Crippen LogP contribution in [0.15, 0.2) is 0 Å². The fourth-order valence-electron chi connectivity index (χ4n) is 8.35. The van der Waals surface area contributed by atoms with Gasteiger partial charge in [0.05, 0.1) is 19.1 Å². The third-order valence-electron chi connectivity index (χ3n) is 12.5. The molecule has 0 fully saturated rings. The lowest BCUT2D eigenvalue weighted by molar-refractivity contribution is -0.151. The van der Waals surface area contributed by atoms with E-state index >= 15 is 0 Å². The topological polar surface area (TPSA) is 102 Å². The zero-order valence-corrected chi connectivity index (χ0v) is 42.1. The fourth-order valence-corrected chi connectivity index (χ4v) is 8.35. The summed E-state index contributed by atoms with van der Waals surface area (Å²) < 4.78 is 17.3. The van der Waals surface area contributed by atoms with Gasteiger partial charge in [0.2, 0.25) is 5.91 Å². The van der Waals surface area contributed by atoms with E-state index in [1.807, 2.05) is 14.1 Å². The van der Waals surface area contributed by atoms with Gasteiger partial charge in [-0.15, -0.1) is 0 Å². The van der Waals surface area contributed by atoms with E-state index in [1.165, 1.54) is 116 Å². The third-order valence-corrected chi connectivity index (χ3v) is 12.5. The van der Waals surface area contributed by atoms with E-state index < -0.39 is 0 Å². The standard InChI is InChI=1S/C53H102N2O7/c1-8-12-16-20-22-27-36-47(35-26-18-14-10-3)45-50(56)55(7)46-52(58)60-43-32-24-30-39-49(62-51(57)41-34-42-54(5)6)40-31-25-33-44-61-53(59)48(37-28-19-15-11-4)38-29-23-21-17-13-9-2/h47-49H,8-46H2,1-7H3. The molecule has 0 spiro atoms. The molecule has 0 aliphatic heterocycles. The Hall–Kier alpha value is -2.16. The van der Waals surface area contributed by atoms with Crippen LogP contribution in [0, 0.1) is 11.8 Å². The second-order valence-electron chi connectivity index (χ2n) is 18.9. The first-order valence-electron chi connectivity index (χ1n) is 26.5. The first-order valence-corrected chi connectivity index (χ1v) is 26.5. The van der Waals surface area contributed by atoms with Crippen molar-refractivity contribution in [1.29, 1.82) is 0 Å². The zero-order valence-electron chi connectivity index (χ0n) is 42.1. The first-order chi connectivity index (χ1) is 30.1. The summed E-state index contributed by atoms with van der Waals surface area (Å²) in [6.45, 7) is 10.5. The third kappa shape index (κ3) is 38.3. The van der Waals surface area contributed by atoms with Crippen LogP contribution in [0.5, 0.6) is 0 Å². The normalized spacial score (nSPS) is 12.9. The molecular weight excluding hydrogens is 777 g/mol. The number of nitrogens with zero attached hydrogens (tertiary/aromatic N) is 2. The van der Waals surface area contributed by atoms with Crippen molar-refractivity contribution in [1.82, 2.24) is 9.80 Å². The van der Waals surface area contributed by atoms with E-state index in [0.717, 1.165) is 103 Å². The molecule has 0 aromatic rings. The molecule has 0 radical (unpaired) electrons. The van der Waals surface area contributed by atoms with Crippen LogP contribution in [0.4, 0.5) is 0 Å². The van der Waals surface area contributed by atoms with Crippen LogP contribution in [0.2, 0.25) is 0 Å². The Morgan fingerprint density at radius 1 is 0.452 bits per heavy atom. The predicted octanol–water partition coefficient (Wildman–Crippen LogP) is 14.0. The number of carbonyl (C=O) groups is 4. The molecule has 1 amide bonds. The lowest BCUT2D eigenvalue weighted by Gasteiger charge is -2.21. The molecule has 0 rings (SSSR count). The van der Waals surface area contributed by atoms with Crippen LogP contribution in [-0.4, -0.2) is 87.2 Å². The smallest absolute Gasteiger partial charge is 0.325 e. The summed E-state index contributed by atoms with van der Waals surface area (Å²) in [6.07, 6.45) is 36.8. The molecule has 9 nitrogen and oxygen atoms in total. The van der Waals surface area contributed by atoms with Gasteiger partial charge in [0.1, 0.15) is 12.6 Å². The number of unbranched alkanes of at least 4 members (excludes halogenated alkanes) is 20. The van der Waals surface area contributed by atoms with Gasteiger partial charge in [0, 0.05) is 19.9 Å². The van der Waals surface area contributed by atoms with Crippen LogP contribution in [0.1, 0.15) is 252 Å². The van der Waals surface area contributed by atoms with Crippen LogP contribution in [0.3, 0.4) is 0 Å². The zero-order chi connectivity index (χ0) is 45.9. The van der Waals surface area contributed by atoms with Crippen LogP contribution < -0.4 is 0 Å². The summed E-state index contributed by atoms with van der Waals surface area (Å²) in [5.74, 6) is -0.0581. The molecule has 9 heteroatoms. The average Bonchev–Trinajstić information content (AvgIpc) is 3.24. The molecule has 366 valence electrons. The molecule has 0 N–H and O–H groups in total. The highest BCUT2D eigenvalue weighted by atomic mass is 16.5. The molecule has 0 bridgehead atoms. The van der Waals surface area contributed by atoms with E-state index in [-0.39, 0.29) is 42.4 Å². The molecule has 0 heterocycles. The van der Waals surface area contributed by atoms with Gasteiger partial charge in [-0.2, -0.15) is 0 Å². The Bertz CT molecular complexity index is 1050. The molecule has 62 heavy (non-hydrogen) atoms. The fraction of sp³-hybridized carbons (Fsp3) is 0.925. The number of likely N-dealkylation sites (N-methyl/N-ethyl adjacent to an activating group) is 1. The van der Waals surface area contributed by atoms with Gasteiger partial charge in [0.25, 0.3) is 0 Å². The quantitative estimate of drug-likeness (QED) is 0.0338. The van der Waals surface area contributed by atoms with Crippen molar-refractivity contribution in [3.63, 3.8) is 0 Å². The number of ether oxygens (including phenoxy) is 3. The van der Waals surface area contributed by atoms with Gasteiger partial charge in [0.15, 0.2) is 0 Å². The molecule has 0 aromatic heterocycles. The van der Waals surface area contributed by atoms with Gasteiger partial charge in [-0.1, -0.05) is 156 Å². The van der Waals surface area contributed by atoms with Crippen LogP contribution in [-0.2, 0) is 33.4 Å². The SMILES string of the molecule is CCCCCCCCC(CCCCCC)CC(=O)N(C)CC(=O)OCCCCCC(CCCCCOC(=O)C(CCCCCC)CCCCCCCC)OC(=O)CCCN(C)C. The van der Waals surface area contributed by atoms with Gasteiger partial charge in [-0.05, 0) is 110 Å². The monoisotopic (exact) mass is 879 g/mol. The highest BCUT2D eigenvalue weighted by Crippen LogP contribution is 2.24. The molecular formula is C53H102N2O7. The van der Waals surface area contributed by atoms with Gasteiger partial charge in [-0.3, -0.25) is 19.2 Å². The summed E-state index contributed by atoms with van der Waals surface area (Å²) in [4.78, 5) is 55.3. The minimum absolute atomic E-state index is 0.0116. The van der Waals surface area contributed by atoms with Gasteiger partial charge < -0.3 is 24.0 Å². The summed E-state index contributed by atoms with van der Waals surface area (Å²) in [5.41, 5.74) is 0. The van der Waals surface area contributed by atoms with Crippen molar-refractivity contribution < 1.29 is 33.4 Å². The van der Waals surface area contributed by atoms with Gasteiger partial charge >= 0.3 is 17.9 Å². The minimum atomic E-state index is -0.355. The van der Waals surface area contributed by atoms with E-state index in [9.17, 15) is 19.2 Å². The maximum atomic E-state index is 13.1. The second kappa shape index (κ2) is 44.1. The lowest BCUT2D eigenvalue weighted by atomic mass is 9.91. The minimum Gasteiger partial charge on any atom is -0.465 e. The van der Waals surface area contributed by atoms with Crippen molar-refractivity contribution in [3.8, 4) is 0 Å². The number of hydrogen-bond acceptors (Lipinski definition) is 8. The summed E-state index contributed by atoms with van der Waals surface area (Å²) in [6, 6.07) is 0. The van der Waals surface area contributed by atoms with E-state index in [2.05, 4.69) is 32.6 Å². The molecule has 0 aromatic carbocycles. The Morgan fingerprint density at radius 3 is 1.37 bits per heavy atom. The Balaban J connectivity index is 4.76. The van der Waals surface area contributed by atoms with Crippen LogP contribution in [0.25, 0.3) is 0 Å². The van der Waals surface area contributed by atoms with Crippen molar-refractivity contribution in [2.45, 2.75) is 259 Å². The van der Waals surface area contributed by atoms with E-state index in [1.54, 1.807) is 11.9 Å². The van der Waals surface area contributed by atoms with E-state index in [4.69, 9.17) is 14.2 Å². The van der Waals surface area contributed by atoms with E-state index in [0.29, 0.717) is 32.0 Å². The average molecular weight is 879 g/mol. The lowest BCUT2D eigenvalue weighted by Crippen LogP contribution is -2.34. The number of rotatable bonds is 46. The van der Waals surface area contributed by atoms with Crippen molar-refractivity contribution in [2.24, 2.45) is 11.8 Å².